The zero-order valence-corrected chi connectivity index (χ0v) is 7.78. The predicted molar refractivity (Wildman–Crippen MR) is 35.7 cm³/mol. The Balaban J connectivity index is 5.08. The molecule has 0 aromatic carbocycles. The molecule has 1 N–H and O–H groups in total. The molecule has 0 radical (unpaired) electrons. The zero-order chi connectivity index (χ0) is 13.4. The SMILES string of the molecule is OSC(F)(CC(F)(F)C(F)(F)F)C(F)(F)F. The molecule has 0 aromatic heterocycles. The molecular weight excluding hydrogens is 279 g/mol. The Morgan fingerprint density at radius 1 is 0.750 bits per heavy atom. The van der Waals surface area contributed by atoms with Crippen molar-refractivity contribution in [2.45, 2.75) is 29.7 Å². The Hall–Kier alpha value is -0.320. The van der Waals surface area contributed by atoms with E-state index in [4.69, 9.17) is 4.55 Å². The van der Waals surface area contributed by atoms with E-state index in [0.717, 1.165) is 0 Å². The van der Waals surface area contributed by atoms with Crippen molar-refractivity contribution in [3.05, 3.63) is 0 Å². The highest BCUT2D eigenvalue weighted by Crippen LogP contribution is 2.51. The third-order valence-corrected chi connectivity index (χ3v) is 2.10. The topological polar surface area (TPSA) is 20.2 Å². The second-order valence-electron chi connectivity index (χ2n) is 2.70. The Kier molecular flexibility index (Phi) is 4.08. The van der Waals surface area contributed by atoms with Crippen molar-refractivity contribution < 1.29 is 44.1 Å². The highest BCUT2D eigenvalue weighted by Gasteiger charge is 2.68. The molecule has 0 aliphatic heterocycles. The van der Waals surface area contributed by atoms with Crippen LogP contribution in [-0.4, -0.2) is 27.8 Å². The Labute approximate surface area is 86.8 Å². The maximum absolute atomic E-state index is 12.7. The maximum atomic E-state index is 12.7. The molecule has 1 atom stereocenters. The van der Waals surface area contributed by atoms with Gasteiger partial charge in [0.15, 0.2) is 0 Å². The number of hydrogen-bond donors (Lipinski definition) is 1. The summed E-state index contributed by atoms with van der Waals surface area (Å²) >= 11 is -1.75. The van der Waals surface area contributed by atoms with E-state index in [1.165, 1.54) is 0 Å². The zero-order valence-electron chi connectivity index (χ0n) is 6.96. The van der Waals surface area contributed by atoms with Gasteiger partial charge in [0.05, 0.1) is 6.42 Å². The maximum Gasteiger partial charge on any atom is 0.453 e. The molecule has 1 nitrogen and oxygen atoms in total. The molecule has 0 rings (SSSR count). The summed E-state index contributed by atoms with van der Waals surface area (Å²) in [4.78, 5) is 0. The van der Waals surface area contributed by atoms with Crippen LogP contribution in [0.4, 0.5) is 39.5 Å². The molecule has 0 saturated heterocycles. The number of halogens is 9. The molecule has 0 heterocycles. The van der Waals surface area contributed by atoms with Crippen LogP contribution in [0.5, 0.6) is 0 Å². The number of alkyl halides is 9. The largest absolute Gasteiger partial charge is 0.453 e. The van der Waals surface area contributed by atoms with Gasteiger partial charge >= 0.3 is 18.3 Å². The van der Waals surface area contributed by atoms with E-state index in [1.54, 1.807) is 0 Å². The Morgan fingerprint density at radius 2 is 1.12 bits per heavy atom. The Morgan fingerprint density at radius 3 is 1.31 bits per heavy atom. The summed E-state index contributed by atoms with van der Waals surface area (Å²) in [7, 11) is 0. The minimum atomic E-state index is -6.33. The van der Waals surface area contributed by atoms with Gasteiger partial charge in [-0.2, -0.15) is 35.1 Å². The summed E-state index contributed by atoms with van der Waals surface area (Å²) in [5, 5.41) is -5.08. The smallest absolute Gasteiger partial charge is 0.327 e. The fourth-order valence-electron chi connectivity index (χ4n) is 0.570. The van der Waals surface area contributed by atoms with Crippen LogP contribution in [0.3, 0.4) is 0 Å². The third-order valence-electron chi connectivity index (χ3n) is 1.43. The molecule has 0 amide bonds. The van der Waals surface area contributed by atoms with Gasteiger partial charge in [0.2, 0.25) is 0 Å². The van der Waals surface area contributed by atoms with Crippen LogP contribution >= 0.6 is 12.0 Å². The van der Waals surface area contributed by atoms with E-state index in [-0.39, 0.29) is 0 Å². The average Bonchev–Trinajstić information content (AvgIpc) is 1.99. The standard InChI is InChI=1S/C5H3F9OS/c6-2(7,4(9,10)11)1-3(8,16-15)5(12,13)14/h15H,1H2. The van der Waals surface area contributed by atoms with E-state index >= 15 is 0 Å². The van der Waals surface area contributed by atoms with Gasteiger partial charge in [-0.25, -0.2) is 4.39 Å². The first-order valence-corrected chi connectivity index (χ1v) is 4.07. The fourth-order valence-corrected chi connectivity index (χ4v) is 0.919. The second-order valence-corrected chi connectivity index (χ2v) is 3.53. The van der Waals surface area contributed by atoms with Gasteiger partial charge in [0.1, 0.15) is 0 Å². The lowest BCUT2D eigenvalue weighted by Crippen LogP contribution is -2.48. The average molecular weight is 282 g/mol. The van der Waals surface area contributed by atoms with Gasteiger partial charge in [-0.3, -0.25) is 0 Å². The molecular formula is C5H3F9OS. The van der Waals surface area contributed by atoms with Crippen molar-refractivity contribution in [2.24, 2.45) is 0 Å². The first-order valence-electron chi connectivity index (χ1n) is 3.29. The van der Waals surface area contributed by atoms with Crippen LogP contribution in [0.2, 0.25) is 0 Å². The molecule has 98 valence electrons. The van der Waals surface area contributed by atoms with Crippen molar-refractivity contribution in [1.29, 1.82) is 0 Å². The van der Waals surface area contributed by atoms with Crippen molar-refractivity contribution >= 4 is 12.0 Å². The lowest BCUT2D eigenvalue weighted by atomic mass is 10.1. The van der Waals surface area contributed by atoms with Gasteiger partial charge < -0.3 is 4.55 Å². The normalized spacial score (nSPS) is 18.4. The van der Waals surface area contributed by atoms with Gasteiger partial charge in [0.25, 0.3) is 5.00 Å². The summed E-state index contributed by atoms with van der Waals surface area (Å²) in [6.07, 6.45) is -15.6. The molecule has 16 heavy (non-hydrogen) atoms. The highest BCUT2D eigenvalue weighted by molar-refractivity contribution is 7.95. The number of rotatable bonds is 3. The van der Waals surface area contributed by atoms with E-state index in [1.807, 2.05) is 0 Å². The Bertz CT molecular complexity index is 245. The monoisotopic (exact) mass is 282 g/mol. The van der Waals surface area contributed by atoms with Crippen molar-refractivity contribution in [1.82, 2.24) is 0 Å². The first-order chi connectivity index (χ1) is 6.77. The molecule has 0 saturated carbocycles. The molecule has 0 aromatic rings. The van der Waals surface area contributed by atoms with Gasteiger partial charge in [-0.1, -0.05) is 0 Å². The van der Waals surface area contributed by atoms with Crippen LogP contribution in [-0.2, 0) is 0 Å². The van der Waals surface area contributed by atoms with E-state index in [0.29, 0.717) is 0 Å². The summed E-state index contributed by atoms with van der Waals surface area (Å²) in [5.74, 6) is -5.90. The van der Waals surface area contributed by atoms with E-state index in [9.17, 15) is 39.5 Å². The highest BCUT2D eigenvalue weighted by atomic mass is 32.2. The van der Waals surface area contributed by atoms with Crippen molar-refractivity contribution in [3.8, 4) is 0 Å². The van der Waals surface area contributed by atoms with Crippen LogP contribution in [0.15, 0.2) is 0 Å². The van der Waals surface area contributed by atoms with Crippen LogP contribution in [0.25, 0.3) is 0 Å². The fraction of sp³-hybridized carbons (Fsp3) is 1.00. The van der Waals surface area contributed by atoms with Gasteiger partial charge in [0, 0.05) is 12.0 Å². The van der Waals surface area contributed by atoms with Crippen LogP contribution in [0.1, 0.15) is 6.42 Å². The van der Waals surface area contributed by atoms with E-state index in [2.05, 4.69) is 0 Å². The lowest BCUT2D eigenvalue weighted by Gasteiger charge is -2.29. The van der Waals surface area contributed by atoms with Crippen LogP contribution in [0, 0.1) is 0 Å². The molecule has 0 spiro atoms. The molecule has 0 aliphatic rings. The quantitative estimate of drug-likeness (QED) is 0.623. The lowest BCUT2D eigenvalue weighted by molar-refractivity contribution is -0.304. The summed E-state index contributed by atoms with van der Waals surface area (Å²) < 4.78 is 115. The summed E-state index contributed by atoms with van der Waals surface area (Å²) in [5.41, 5.74) is 0. The van der Waals surface area contributed by atoms with Crippen molar-refractivity contribution in [3.63, 3.8) is 0 Å². The summed E-state index contributed by atoms with van der Waals surface area (Å²) in [6.45, 7) is 0. The minimum Gasteiger partial charge on any atom is -0.327 e. The van der Waals surface area contributed by atoms with Crippen molar-refractivity contribution in [2.75, 3.05) is 0 Å². The second kappa shape index (κ2) is 4.17. The third kappa shape index (κ3) is 3.09. The summed E-state index contributed by atoms with van der Waals surface area (Å²) in [6, 6.07) is 0. The molecule has 11 heteroatoms. The molecule has 0 aliphatic carbocycles. The number of hydrogen-bond acceptors (Lipinski definition) is 2. The minimum absolute atomic E-state index is 1.75. The molecule has 0 fully saturated rings. The van der Waals surface area contributed by atoms with Crippen LogP contribution < -0.4 is 0 Å². The van der Waals surface area contributed by atoms with Gasteiger partial charge in [-0.05, 0) is 0 Å². The van der Waals surface area contributed by atoms with E-state index < -0.39 is 41.7 Å². The molecule has 0 bridgehead atoms. The predicted octanol–water partition coefficient (Wildman–Crippen LogP) is 4.01. The van der Waals surface area contributed by atoms with Gasteiger partial charge in [-0.15, -0.1) is 0 Å². The first kappa shape index (κ1) is 15.7. The molecule has 1 unspecified atom stereocenters.